The smallest absolute Gasteiger partial charge is 0.213 e. The van der Waals surface area contributed by atoms with Crippen LogP contribution in [0.1, 0.15) is 38.5 Å². The first-order valence-electron chi connectivity index (χ1n) is 8.18. The Balaban J connectivity index is 1.59. The summed E-state index contributed by atoms with van der Waals surface area (Å²) in [5.74, 6) is 0.971. The first kappa shape index (κ1) is 17.5. The van der Waals surface area contributed by atoms with Crippen molar-refractivity contribution >= 4 is 16.0 Å². The summed E-state index contributed by atoms with van der Waals surface area (Å²) in [5, 5.41) is 2.86. The Morgan fingerprint density at radius 3 is 2.68 bits per heavy atom. The highest BCUT2D eigenvalue weighted by atomic mass is 32.2. The molecule has 128 valence electrons. The number of aliphatic imine (C=N–C) groups is 1. The maximum absolute atomic E-state index is 11.9. The molecule has 1 unspecified atom stereocenters. The van der Waals surface area contributed by atoms with E-state index in [2.05, 4.69) is 15.0 Å². The molecule has 1 saturated heterocycles. The highest BCUT2D eigenvalue weighted by Gasteiger charge is 2.18. The molecule has 4 N–H and O–H groups in total. The van der Waals surface area contributed by atoms with Gasteiger partial charge in [0.15, 0.2) is 5.96 Å². The molecule has 1 saturated carbocycles. The van der Waals surface area contributed by atoms with Gasteiger partial charge in [-0.1, -0.05) is 6.42 Å². The molecule has 1 atom stereocenters. The van der Waals surface area contributed by atoms with E-state index in [1.807, 2.05) is 0 Å². The average Bonchev–Trinajstić information content (AvgIpc) is 2.45. The summed E-state index contributed by atoms with van der Waals surface area (Å²) in [6.45, 7) is 2.08. The van der Waals surface area contributed by atoms with E-state index >= 15 is 0 Å². The van der Waals surface area contributed by atoms with Crippen molar-refractivity contribution in [3.8, 4) is 0 Å². The monoisotopic (exact) mass is 332 g/mol. The molecule has 1 heterocycles. The van der Waals surface area contributed by atoms with Gasteiger partial charge in [-0.25, -0.2) is 13.1 Å². The summed E-state index contributed by atoms with van der Waals surface area (Å²) in [5.41, 5.74) is 5.72. The molecule has 8 heteroatoms. The predicted molar refractivity (Wildman–Crippen MR) is 87.2 cm³/mol. The predicted octanol–water partition coefficient (Wildman–Crippen LogP) is 0.179. The minimum Gasteiger partial charge on any atom is -0.377 e. The largest absolute Gasteiger partial charge is 0.377 e. The third-order valence-corrected chi connectivity index (χ3v) is 5.57. The molecule has 22 heavy (non-hydrogen) atoms. The van der Waals surface area contributed by atoms with Crippen LogP contribution in [0.3, 0.4) is 0 Å². The SMILES string of the molecule is NC(=NCC1CCC1)NCCS(=O)(=O)NCC1CCCCO1. The molecule has 0 aromatic carbocycles. The van der Waals surface area contributed by atoms with Gasteiger partial charge in [0.2, 0.25) is 10.0 Å². The number of sulfonamides is 1. The summed E-state index contributed by atoms with van der Waals surface area (Å²) in [6.07, 6.45) is 6.81. The number of guanidine groups is 1. The molecular weight excluding hydrogens is 304 g/mol. The Labute approximate surface area is 133 Å². The van der Waals surface area contributed by atoms with Crippen molar-refractivity contribution < 1.29 is 13.2 Å². The zero-order chi connectivity index (χ0) is 15.8. The molecular formula is C14H28N4O3S. The summed E-state index contributed by atoms with van der Waals surface area (Å²) < 4.78 is 31.9. The molecule has 0 aromatic heterocycles. The van der Waals surface area contributed by atoms with Crippen molar-refractivity contribution in [2.75, 3.05) is 32.0 Å². The molecule has 2 aliphatic rings. The number of nitrogens with one attached hydrogen (secondary N) is 2. The van der Waals surface area contributed by atoms with Gasteiger partial charge in [0.1, 0.15) is 0 Å². The van der Waals surface area contributed by atoms with Gasteiger partial charge in [0, 0.05) is 26.2 Å². The number of hydrogen-bond donors (Lipinski definition) is 3. The summed E-state index contributed by atoms with van der Waals surface area (Å²) in [4.78, 5) is 4.23. The van der Waals surface area contributed by atoms with Crippen LogP contribution >= 0.6 is 0 Å². The van der Waals surface area contributed by atoms with E-state index < -0.39 is 10.0 Å². The van der Waals surface area contributed by atoms with Crippen LogP contribution in [0.2, 0.25) is 0 Å². The maximum Gasteiger partial charge on any atom is 0.213 e. The van der Waals surface area contributed by atoms with Crippen molar-refractivity contribution in [2.45, 2.75) is 44.6 Å². The van der Waals surface area contributed by atoms with Crippen molar-refractivity contribution in [3.63, 3.8) is 0 Å². The summed E-state index contributed by atoms with van der Waals surface area (Å²) in [6, 6.07) is 0. The number of ether oxygens (including phenoxy) is 1. The number of nitrogens with two attached hydrogens (primary N) is 1. The van der Waals surface area contributed by atoms with E-state index in [1.54, 1.807) is 0 Å². The fraction of sp³-hybridized carbons (Fsp3) is 0.929. The van der Waals surface area contributed by atoms with E-state index in [1.165, 1.54) is 19.3 Å². The van der Waals surface area contributed by atoms with Gasteiger partial charge in [-0.05, 0) is 38.0 Å². The lowest BCUT2D eigenvalue weighted by Crippen LogP contribution is -2.41. The molecule has 0 spiro atoms. The average molecular weight is 332 g/mol. The third-order valence-electron chi connectivity index (χ3n) is 4.23. The van der Waals surface area contributed by atoms with Gasteiger partial charge in [-0.2, -0.15) is 0 Å². The zero-order valence-electron chi connectivity index (χ0n) is 13.1. The van der Waals surface area contributed by atoms with Crippen molar-refractivity contribution in [2.24, 2.45) is 16.6 Å². The van der Waals surface area contributed by atoms with Crippen LogP contribution in [-0.2, 0) is 14.8 Å². The second kappa shape index (κ2) is 8.69. The van der Waals surface area contributed by atoms with E-state index in [0.717, 1.165) is 32.4 Å². The molecule has 2 rings (SSSR count). The fourth-order valence-electron chi connectivity index (χ4n) is 2.53. The maximum atomic E-state index is 11.9. The van der Waals surface area contributed by atoms with Crippen molar-refractivity contribution in [1.82, 2.24) is 10.0 Å². The second-order valence-electron chi connectivity index (χ2n) is 6.11. The van der Waals surface area contributed by atoms with Crippen LogP contribution in [0, 0.1) is 5.92 Å². The van der Waals surface area contributed by atoms with E-state index in [4.69, 9.17) is 10.5 Å². The quantitative estimate of drug-likeness (QED) is 0.434. The number of nitrogens with zero attached hydrogens (tertiary/aromatic N) is 1. The van der Waals surface area contributed by atoms with Crippen LogP contribution in [0.4, 0.5) is 0 Å². The first-order valence-corrected chi connectivity index (χ1v) is 9.83. The molecule has 1 aliphatic carbocycles. The molecule has 7 nitrogen and oxygen atoms in total. The Bertz CT molecular complexity index is 457. The lowest BCUT2D eigenvalue weighted by atomic mass is 9.86. The lowest BCUT2D eigenvalue weighted by Gasteiger charge is -2.23. The highest BCUT2D eigenvalue weighted by molar-refractivity contribution is 7.89. The van der Waals surface area contributed by atoms with Gasteiger partial charge in [0.25, 0.3) is 0 Å². The van der Waals surface area contributed by atoms with Crippen molar-refractivity contribution in [3.05, 3.63) is 0 Å². The summed E-state index contributed by atoms with van der Waals surface area (Å²) >= 11 is 0. The van der Waals surface area contributed by atoms with Crippen LogP contribution in [0.25, 0.3) is 0 Å². The van der Waals surface area contributed by atoms with Gasteiger partial charge in [0.05, 0.1) is 11.9 Å². The molecule has 0 bridgehead atoms. The first-order chi connectivity index (χ1) is 10.6. The molecule has 1 aliphatic heterocycles. The molecule has 0 aromatic rings. The van der Waals surface area contributed by atoms with Crippen LogP contribution in [-0.4, -0.2) is 52.5 Å². The lowest BCUT2D eigenvalue weighted by molar-refractivity contribution is 0.0200. The van der Waals surface area contributed by atoms with E-state index in [-0.39, 0.29) is 18.4 Å². The van der Waals surface area contributed by atoms with Crippen molar-refractivity contribution in [1.29, 1.82) is 0 Å². The van der Waals surface area contributed by atoms with Gasteiger partial charge >= 0.3 is 0 Å². The fourth-order valence-corrected chi connectivity index (χ4v) is 3.49. The van der Waals surface area contributed by atoms with Gasteiger partial charge < -0.3 is 15.8 Å². The molecule has 0 radical (unpaired) electrons. The number of hydrogen-bond acceptors (Lipinski definition) is 4. The Morgan fingerprint density at radius 2 is 2.05 bits per heavy atom. The van der Waals surface area contributed by atoms with Crippen LogP contribution in [0.5, 0.6) is 0 Å². The Morgan fingerprint density at radius 1 is 1.23 bits per heavy atom. The van der Waals surface area contributed by atoms with Crippen LogP contribution < -0.4 is 15.8 Å². The second-order valence-corrected chi connectivity index (χ2v) is 8.03. The molecule has 0 amide bonds. The Kier molecular flexibility index (Phi) is 6.91. The highest BCUT2D eigenvalue weighted by Crippen LogP contribution is 2.26. The van der Waals surface area contributed by atoms with Crippen LogP contribution in [0.15, 0.2) is 4.99 Å². The third kappa shape index (κ3) is 6.50. The number of rotatable bonds is 8. The van der Waals surface area contributed by atoms with E-state index in [0.29, 0.717) is 18.4 Å². The molecule has 2 fully saturated rings. The standard InChI is InChI=1S/C14H28N4O3S/c15-14(17-10-12-4-3-5-12)16-7-9-22(19,20)18-11-13-6-1-2-8-21-13/h12-13,18H,1-11H2,(H3,15,16,17). The van der Waals surface area contributed by atoms with Gasteiger partial charge in [-0.3, -0.25) is 4.99 Å². The Hall–Kier alpha value is -0.860. The minimum absolute atomic E-state index is 0.00518. The topological polar surface area (TPSA) is 106 Å². The minimum atomic E-state index is -3.30. The zero-order valence-corrected chi connectivity index (χ0v) is 13.9. The van der Waals surface area contributed by atoms with Gasteiger partial charge in [-0.15, -0.1) is 0 Å². The summed E-state index contributed by atoms with van der Waals surface area (Å²) in [7, 11) is -3.30. The van der Waals surface area contributed by atoms with E-state index in [9.17, 15) is 8.42 Å². The normalized spacial score (nSPS) is 24.0.